The second-order valence-electron chi connectivity index (χ2n) is 2.83. The molecule has 1 aromatic heterocycles. The second kappa shape index (κ2) is 3.62. The molecule has 3 nitrogen and oxygen atoms in total. The summed E-state index contributed by atoms with van der Waals surface area (Å²) in [4.78, 5) is 3.87. The Balaban J connectivity index is 2.66. The zero-order chi connectivity index (χ0) is 8.27. The van der Waals surface area contributed by atoms with Gasteiger partial charge in [0.15, 0.2) is 11.6 Å². The minimum atomic E-state index is 0.317. The Morgan fingerprint density at radius 2 is 2.18 bits per heavy atom. The van der Waals surface area contributed by atoms with Crippen molar-refractivity contribution in [2.45, 2.75) is 20.3 Å². The predicted octanol–water partition coefficient (Wildman–Crippen LogP) is 0.766. The van der Waals surface area contributed by atoms with E-state index in [4.69, 9.17) is 11.6 Å². The van der Waals surface area contributed by atoms with Crippen LogP contribution in [-0.2, 0) is 6.42 Å². The Labute approximate surface area is 70.8 Å². The van der Waals surface area contributed by atoms with Gasteiger partial charge in [-0.05, 0) is 12.3 Å². The van der Waals surface area contributed by atoms with Crippen molar-refractivity contribution in [1.29, 1.82) is 0 Å². The van der Waals surface area contributed by atoms with E-state index in [1.165, 1.54) is 0 Å². The third kappa shape index (κ3) is 2.80. The molecule has 0 unspecified atom stereocenters. The molecule has 0 fully saturated rings. The molecule has 0 atom stereocenters. The van der Waals surface area contributed by atoms with Crippen molar-refractivity contribution in [1.82, 2.24) is 15.2 Å². The van der Waals surface area contributed by atoms with Crippen molar-refractivity contribution >= 4 is 0 Å². The van der Waals surface area contributed by atoms with Crippen LogP contribution < -0.4 is 0 Å². The minimum absolute atomic E-state index is 0.317. The molecule has 4 heteroatoms. The van der Waals surface area contributed by atoms with E-state index in [0.717, 1.165) is 12.1 Å². The van der Waals surface area contributed by atoms with Crippen LogP contribution in [0.1, 0.15) is 19.5 Å². The molecule has 1 heterocycles. The predicted molar refractivity (Wildman–Crippen MR) is 38.9 cm³/mol. The lowest BCUT2D eigenvalue weighted by Gasteiger charge is -1.99. The van der Waals surface area contributed by atoms with E-state index in [2.05, 4.69) is 29.0 Å². The molecule has 0 bridgehead atoms. The van der Waals surface area contributed by atoms with Crippen LogP contribution in [-0.4, -0.2) is 15.2 Å². The number of nitrogens with zero attached hydrogens (tertiary/aromatic N) is 3. The molecule has 1 rings (SSSR count). The van der Waals surface area contributed by atoms with Gasteiger partial charge in [-0.3, -0.25) is 0 Å². The van der Waals surface area contributed by atoms with Crippen LogP contribution in [0.15, 0.2) is 6.20 Å². The van der Waals surface area contributed by atoms with Crippen LogP contribution >= 0.6 is 0 Å². The van der Waals surface area contributed by atoms with Crippen LogP contribution in [0.3, 0.4) is 0 Å². The summed E-state index contributed by atoms with van der Waals surface area (Å²) in [5.74, 6) is 0.585. The largest absolute Gasteiger partial charge is 0.436 e. The maximum Gasteiger partial charge on any atom is 0.436 e. The van der Waals surface area contributed by atoms with E-state index in [-0.39, 0.29) is 0 Å². The first-order valence-corrected chi connectivity index (χ1v) is 3.95. The third-order valence-electron chi connectivity index (χ3n) is 1.21. The van der Waals surface area contributed by atoms with Crippen molar-refractivity contribution in [3.05, 3.63) is 17.2 Å². The number of rotatable bonds is 2. The lowest BCUT2D eigenvalue weighted by molar-refractivity contribution is -0.305. The summed E-state index contributed by atoms with van der Waals surface area (Å²) in [7, 11) is 0. The molecule has 0 spiro atoms. The zero-order valence-electron chi connectivity index (χ0n) is 6.61. The van der Waals surface area contributed by atoms with E-state index in [9.17, 15) is 0 Å². The summed E-state index contributed by atoms with van der Waals surface area (Å²) in [5.41, 5.74) is 0.911. The third-order valence-corrected chi connectivity index (χ3v) is 1.39. The summed E-state index contributed by atoms with van der Waals surface area (Å²) >= 11 is 4.70. The summed E-state index contributed by atoms with van der Waals surface area (Å²) in [6.07, 6.45) is 2.60. The Hall–Kier alpha value is -0.700. The highest BCUT2D eigenvalue weighted by Gasteiger charge is 2.03. The molecule has 0 radical (unpaired) electrons. The van der Waals surface area contributed by atoms with E-state index in [1.807, 2.05) is 0 Å². The average molecular weight is 173 g/mol. The summed E-state index contributed by atoms with van der Waals surface area (Å²) < 4.78 is 0. The number of halogens is 1. The Bertz CT molecular complexity index is 220. The molecule has 0 saturated carbocycles. The number of hydrogen-bond donors (Lipinski definition) is 0. The second-order valence-corrected chi connectivity index (χ2v) is 3.20. The van der Waals surface area contributed by atoms with Crippen LogP contribution in [0.2, 0.25) is 5.28 Å². The maximum atomic E-state index is 4.70. The SMILES string of the molecule is CC(C)Cc1cnc([ClH+])nn1. The van der Waals surface area contributed by atoms with Gasteiger partial charge in [0.05, 0.1) is 11.9 Å². The molecule has 60 valence electrons. The molecule has 0 aliphatic heterocycles. The topological polar surface area (TPSA) is 38.7 Å². The fraction of sp³-hybridized carbons (Fsp3) is 0.571. The van der Waals surface area contributed by atoms with Gasteiger partial charge in [0.1, 0.15) is 0 Å². The van der Waals surface area contributed by atoms with Crippen molar-refractivity contribution in [2.24, 2.45) is 5.92 Å². The molecule has 0 N–H and O–H groups in total. The van der Waals surface area contributed by atoms with Gasteiger partial charge in [-0.15, -0.1) is 5.10 Å². The van der Waals surface area contributed by atoms with Crippen LogP contribution in [0.4, 0.5) is 0 Å². The standard InChI is InChI=1S/C7H11ClN3/c1-5(2)3-6-4-9-7(8)11-10-6/h4-5,8H,3H2,1-2H3/q+1. The van der Waals surface area contributed by atoms with Gasteiger partial charge in [0.2, 0.25) is 0 Å². The Morgan fingerprint density at radius 1 is 1.45 bits per heavy atom. The molecule has 0 aromatic carbocycles. The zero-order valence-corrected chi connectivity index (χ0v) is 7.43. The van der Waals surface area contributed by atoms with Crippen LogP contribution in [0, 0.1) is 17.5 Å². The van der Waals surface area contributed by atoms with Crippen molar-refractivity contribution in [3.63, 3.8) is 0 Å². The normalized spacial score (nSPS) is 10.5. The van der Waals surface area contributed by atoms with Crippen molar-refractivity contribution < 1.29 is 11.6 Å². The van der Waals surface area contributed by atoms with E-state index >= 15 is 0 Å². The highest BCUT2D eigenvalue weighted by molar-refractivity contribution is 4.92. The van der Waals surface area contributed by atoms with Gasteiger partial charge in [0.25, 0.3) is 0 Å². The van der Waals surface area contributed by atoms with Crippen LogP contribution in [0.5, 0.6) is 0 Å². The lowest BCUT2D eigenvalue weighted by Crippen LogP contribution is -2.00. The summed E-state index contributed by atoms with van der Waals surface area (Å²) in [5, 5.41) is 7.90. The monoisotopic (exact) mass is 172 g/mol. The summed E-state index contributed by atoms with van der Waals surface area (Å²) in [6.45, 7) is 4.26. The van der Waals surface area contributed by atoms with Crippen LogP contribution in [0.25, 0.3) is 0 Å². The molecule has 0 aliphatic carbocycles. The molecule has 1 aromatic rings. The van der Waals surface area contributed by atoms with E-state index in [1.54, 1.807) is 6.20 Å². The van der Waals surface area contributed by atoms with Gasteiger partial charge in [-0.2, -0.15) is 4.98 Å². The molecular formula is C7H11ClN3+. The van der Waals surface area contributed by atoms with Gasteiger partial charge in [-0.25, -0.2) is 0 Å². The van der Waals surface area contributed by atoms with Gasteiger partial charge >= 0.3 is 5.28 Å². The smallest absolute Gasteiger partial charge is 0.179 e. The first kappa shape index (κ1) is 8.40. The van der Waals surface area contributed by atoms with Crippen molar-refractivity contribution in [2.75, 3.05) is 0 Å². The molecule has 0 saturated heterocycles. The van der Waals surface area contributed by atoms with Gasteiger partial charge < -0.3 is 0 Å². The number of hydrogen-bond acceptors (Lipinski definition) is 3. The fourth-order valence-corrected chi connectivity index (χ4v) is 0.894. The Kier molecular flexibility index (Phi) is 2.76. The van der Waals surface area contributed by atoms with Gasteiger partial charge in [0, 0.05) is 0 Å². The average Bonchev–Trinajstić information content (AvgIpc) is 1.93. The minimum Gasteiger partial charge on any atom is -0.179 e. The molecule has 11 heavy (non-hydrogen) atoms. The maximum absolute atomic E-state index is 4.70. The Morgan fingerprint density at radius 3 is 2.64 bits per heavy atom. The molecule has 0 aliphatic rings. The van der Waals surface area contributed by atoms with E-state index < -0.39 is 0 Å². The van der Waals surface area contributed by atoms with E-state index in [0.29, 0.717) is 11.2 Å². The quantitative estimate of drug-likeness (QED) is 0.662. The lowest BCUT2D eigenvalue weighted by atomic mass is 10.1. The highest BCUT2D eigenvalue weighted by Crippen LogP contribution is 2.02. The molecular weight excluding hydrogens is 162 g/mol. The number of aromatic nitrogens is 3. The first-order valence-electron chi connectivity index (χ1n) is 3.54. The van der Waals surface area contributed by atoms with Gasteiger partial charge in [-0.1, -0.05) is 18.9 Å². The molecule has 0 amide bonds. The first-order chi connectivity index (χ1) is 5.18. The fourth-order valence-electron chi connectivity index (χ4n) is 0.800. The summed E-state index contributed by atoms with van der Waals surface area (Å²) in [6, 6.07) is 0. The van der Waals surface area contributed by atoms with Crippen molar-refractivity contribution in [3.8, 4) is 0 Å². The highest BCUT2D eigenvalue weighted by atomic mass is 35.5.